The van der Waals surface area contributed by atoms with Gasteiger partial charge < -0.3 is 10.2 Å². The summed E-state index contributed by atoms with van der Waals surface area (Å²) in [4.78, 5) is 2.61. The zero-order valence-electron chi connectivity index (χ0n) is 25.2. The van der Waals surface area contributed by atoms with E-state index in [1.165, 1.54) is 114 Å². The average molecular weight is 675 g/mol. The maximum atomic E-state index is 6.24. The van der Waals surface area contributed by atoms with Crippen LogP contribution in [0, 0.1) is 5.92 Å². The second kappa shape index (κ2) is 15.9. The zero-order valence-corrected chi connectivity index (χ0v) is 29.1. The molecule has 0 aromatic heterocycles. The fraction of sp³-hybridized carbons (Fsp3) is 0.657. The van der Waals surface area contributed by atoms with Crippen LogP contribution in [0.2, 0.25) is 20.1 Å². The third-order valence-electron chi connectivity index (χ3n) is 10.7. The monoisotopic (exact) mass is 672 g/mol. The van der Waals surface area contributed by atoms with Crippen LogP contribution >= 0.6 is 58.8 Å². The van der Waals surface area contributed by atoms with Crippen molar-refractivity contribution in [3.8, 4) is 0 Å². The summed E-state index contributed by atoms with van der Waals surface area (Å²) >= 11 is 24.5. The zero-order chi connectivity index (χ0) is 28.9. The number of likely N-dealkylation sites (N-methyl/N-ethyl adjacent to an activating group) is 1. The summed E-state index contributed by atoms with van der Waals surface area (Å²) in [5.74, 6) is 0.865. The van der Waals surface area contributed by atoms with Crippen LogP contribution < -0.4 is 5.32 Å². The van der Waals surface area contributed by atoms with Gasteiger partial charge in [-0.3, -0.25) is 0 Å². The molecule has 2 aromatic rings. The molecule has 234 valence electrons. The predicted molar refractivity (Wildman–Crippen MR) is 185 cm³/mol. The van der Waals surface area contributed by atoms with E-state index >= 15 is 0 Å². The molecule has 2 nitrogen and oxygen atoms in total. The van der Waals surface area contributed by atoms with Crippen molar-refractivity contribution in [1.82, 2.24) is 10.2 Å². The van der Waals surface area contributed by atoms with Gasteiger partial charge in [-0.2, -0.15) is 0 Å². The minimum atomic E-state index is 0. The lowest BCUT2D eigenvalue weighted by atomic mass is 9.64. The molecule has 0 amide bonds. The summed E-state index contributed by atoms with van der Waals surface area (Å²) in [6, 6.07) is 13.1. The van der Waals surface area contributed by atoms with Crippen LogP contribution in [0.3, 0.4) is 0 Å². The van der Waals surface area contributed by atoms with Gasteiger partial charge in [-0.1, -0.05) is 103 Å². The number of nitrogens with one attached hydrogen (secondary N) is 1. The van der Waals surface area contributed by atoms with E-state index in [4.69, 9.17) is 46.4 Å². The van der Waals surface area contributed by atoms with Gasteiger partial charge in [0.1, 0.15) is 0 Å². The summed E-state index contributed by atoms with van der Waals surface area (Å²) in [6.45, 7) is 2.32. The first-order chi connectivity index (χ1) is 19.8. The Kier molecular flexibility index (Phi) is 13.1. The van der Waals surface area contributed by atoms with Gasteiger partial charge in [0.05, 0.1) is 20.1 Å². The number of halogens is 5. The van der Waals surface area contributed by atoms with E-state index in [1.54, 1.807) is 0 Å². The van der Waals surface area contributed by atoms with Crippen LogP contribution in [0.5, 0.6) is 0 Å². The predicted octanol–water partition coefficient (Wildman–Crippen LogP) is 11.6. The Morgan fingerprint density at radius 3 is 1.69 bits per heavy atom. The minimum absolute atomic E-state index is 0. The highest BCUT2D eigenvalue weighted by Gasteiger charge is 2.41. The quantitative estimate of drug-likeness (QED) is 0.300. The molecule has 2 aromatic carbocycles. The van der Waals surface area contributed by atoms with Crippen molar-refractivity contribution < 1.29 is 0 Å². The molecular weight excluding hydrogens is 626 g/mol. The highest BCUT2D eigenvalue weighted by Crippen LogP contribution is 2.46. The highest BCUT2D eigenvalue weighted by atomic mass is 35.5. The topological polar surface area (TPSA) is 15.3 Å². The molecule has 4 saturated carbocycles. The second-order valence-corrected chi connectivity index (χ2v) is 15.0. The molecule has 1 N–H and O–H groups in total. The normalized spacial score (nSPS) is 21.9. The highest BCUT2D eigenvalue weighted by molar-refractivity contribution is 6.42. The molecule has 7 heteroatoms. The van der Waals surface area contributed by atoms with Crippen LogP contribution in [-0.4, -0.2) is 31.1 Å². The lowest BCUT2D eigenvalue weighted by Gasteiger charge is -2.47. The molecule has 42 heavy (non-hydrogen) atoms. The molecule has 0 saturated heterocycles. The van der Waals surface area contributed by atoms with Gasteiger partial charge in [-0.05, 0) is 113 Å². The molecule has 0 aliphatic heterocycles. The van der Waals surface area contributed by atoms with E-state index < -0.39 is 0 Å². The fourth-order valence-corrected chi connectivity index (χ4v) is 8.31. The summed E-state index contributed by atoms with van der Waals surface area (Å²) < 4.78 is 0. The lowest BCUT2D eigenvalue weighted by molar-refractivity contribution is 0.108. The van der Waals surface area contributed by atoms with Gasteiger partial charge in [-0.25, -0.2) is 0 Å². The van der Waals surface area contributed by atoms with E-state index in [9.17, 15) is 0 Å². The molecule has 4 aliphatic rings. The van der Waals surface area contributed by atoms with E-state index in [1.807, 2.05) is 12.1 Å². The Morgan fingerprint density at radius 1 is 0.667 bits per heavy atom. The molecule has 4 fully saturated rings. The number of hydrogen-bond acceptors (Lipinski definition) is 2. The Bertz CT molecular complexity index is 1130. The van der Waals surface area contributed by atoms with Gasteiger partial charge in [0, 0.05) is 23.5 Å². The standard InChI is InChI=1S/C18H25Cl2N.C17H23Cl2N.ClH/c1-21(15-6-3-2-4-7-15)13-18(10-5-11-18)14-8-9-16(19)17(20)12-14;18-15-8-7-14(11-16(15)19)17(9-4-10-17)20-12-13-5-2-1-3-6-13;/h8-9,12,15H,2-7,10-11,13H2,1H3;7-8,11,13,20H,1-6,9-10,12H2;1H. The number of benzene rings is 2. The van der Waals surface area contributed by atoms with Gasteiger partial charge in [0.15, 0.2) is 0 Å². The molecule has 0 unspecified atom stereocenters. The summed E-state index contributed by atoms with van der Waals surface area (Å²) in [5, 5.41) is 6.55. The fourth-order valence-electron chi connectivity index (χ4n) is 7.72. The van der Waals surface area contributed by atoms with Gasteiger partial charge in [-0.15, -0.1) is 12.4 Å². The van der Waals surface area contributed by atoms with Gasteiger partial charge in [0.25, 0.3) is 0 Å². The number of rotatable bonds is 8. The third-order valence-corrected chi connectivity index (χ3v) is 12.2. The van der Waals surface area contributed by atoms with Crippen molar-refractivity contribution in [2.24, 2.45) is 5.92 Å². The summed E-state index contributed by atoms with van der Waals surface area (Å²) in [6.07, 6.45) is 21.6. The van der Waals surface area contributed by atoms with Crippen LogP contribution in [0.4, 0.5) is 0 Å². The van der Waals surface area contributed by atoms with Gasteiger partial charge >= 0.3 is 0 Å². The molecule has 0 heterocycles. The largest absolute Gasteiger partial charge is 0.307 e. The van der Waals surface area contributed by atoms with Gasteiger partial charge in [0.2, 0.25) is 0 Å². The summed E-state index contributed by atoms with van der Waals surface area (Å²) in [7, 11) is 2.31. The molecule has 0 bridgehead atoms. The average Bonchev–Trinajstić information content (AvgIpc) is 2.95. The minimum Gasteiger partial charge on any atom is -0.307 e. The van der Waals surface area contributed by atoms with Crippen LogP contribution in [0.15, 0.2) is 36.4 Å². The van der Waals surface area contributed by atoms with Crippen LogP contribution in [0.25, 0.3) is 0 Å². The van der Waals surface area contributed by atoms with Crippen molar-refractivity contribution >= 4 is 58.8 Å². The second-order valence-electron chi connectivity index (χ2n) is 13.4. The van der Waals surface area contributed by atoms with Crippen molar-refractivity contribution in [2.75, 3.05) is 20.1 Å². The maximum absolute atomic E-state index is 6.24. The first-order valence-electron chi connectivity index (χ1n) is 16.2. The van der Waals surface area contributed by atoms with E-state index in [0.29, 0.717) is 25.5 Å². The van der Waals surface area contributed by atoms with Crippen molar-refractivity contribution in [2.45, 2.75) is 120 Å². The van der Waals surface area contributed by atoms with E-state index in [0.717, 1.165) is 25.0 Å². The first kappa shape index (κ1) is 34.7. The molecule has 6 rings (SSSR count). The SMILES string of the molecule is CN(CC1(c2ccc(Cl)c(Cl)c2)CCC1)C1CCCCC1.Cl.Clc1ccc(C2(NCC3CCCCC3)CCC2)cc1Cl. The lowest BCUT2D eigenvalue weighted by Crippen LogP contribution is -2.49. The third kappa shape index (κ3) is 8.34. The number of nitrogens with zero attached hydrogens (tertiary/aromatic N) is 1. The van der Waals surface area contributed by atoms with Crippen molar-refractivity contribution in [3.63, 3.8) is 0 Å². The van der Waals surface area contributed by atoms with E-state index in [-0.39, 0.29) is 17.9 Å². The molecular formula is C35H49Cl5N2. The Morgan fingerprint density at radius 2 is 1.19 bits per heavy atom. The van der Waals surface area contributed by atoms with Crippen LogP contribution in [0.1, 0.15) is 114 Å². The van der Waals surface area contributed by atoms with Crippen molar-refractivity contribution in [3.05, 3.63) is 67.6 Å². The molecule has 0 atom stereocenters. The Hall–Kier alpha value is -0.190. The maximum Gasteiger partial charge on any atom is 0.0595 e. The Labute approximate surface area is 281 Å². The smallest absolute Gasteiger partial charge is 0.0595 e. The van der Waals surface area contributed by atoms with Crippen molar-refractivity contribution in [1.29, 1.82) is 0 Å². The number of hydrogen-bond donors (Lipinski definition) is 1. The first-order valence-corrected chi connectivity index (χ1v) is 17.7. The van der Waals surface area contributed by atoms with Crippen LogP contribution in [-0.2, 0) is 11.0 Å². The molecule has 4 aliphatic carbocycles. The molecule has 0 radical (unpaired) electrons. The molecule has 0 spiro atoms. The summed E-state index contributed by atoms with van der Waals surface area (Å²) in [5.41, 5.74) is 3.16. The van der Waals surface area contributed by atoms with E-state index in [2.05, 4.69) is 41.5 Å². The Balaban J connectivity index is 0.000000189.